The fraction of sp³-hybridized carbons (Fsp3) is 0.917. The van der Waals surface area contributed by atoms with Crippen LogP contribution in [-0.4, -0.2) is 41.5 Å². The zero-order valence-electron chi connectivity index (χ0n) is 9.54. The highest BCUT2D eigenvalue weighted by atomic mass is 16.3. The lowest BCUT2D eigenvalue weighted by Crippen LogP contribution is -2.38. The van der Waals surface area contributed by atoms with E-state index in [0.29, 0.717) is 0 Å². The Bertz CT molecular complexity index is 244. The molecule has 1 unspecified atom stereocenters. The Hall–Kier alpha value is -0.410. The van der Waals surface area contributed by atoms with Gasteiger partial charge in [0.05, 0.1) is 5.60 Å². The van der Waals surface area contributed by atoms with Crippen LogP contribution in [0.3, 0.4) is 0 Å². The molecule has 1 heterocycles. The maximum absolute atomic E-state index is 11.2. The molecule has 1 saturated carbocycles. The topological polar surface area (TPSA) is 40.5 Å². The van der Waals surface area contributed by atoms with Gasteiger partial charge in [-0.15, -0.1) is 0 Å². The fourth-order valence-corrected chi connectivity index (χ4v) is 3.01. The summed E-state index contributed by atoms with van der Waals surface area (Å²) in [6.45, 7) is 4.40. The van der Waals surface area contributed by atoms with Crippen molar-refractivity contribution in [1.82, 2.24) is 4.90 Å². The zero-order valence-corrected chi connectivity index (χ0v) is 9.54. The van der Waals surface area contributed by atoms with Crippen molar-refractivity contribution in [2.45, 2.75) is 44.6 Å². The summed E-state index contributed by atoms with van der Waals surface area (Å²) in [6, 6.07) is 0. The monoisotopic (exact) mass is 211 g/mol. The number of carbonyl (C=O) groups is 1. The van der Waals surface area contributed by atoms with E-state index >= 15 is 0 Å². The molecule has 3 nitrogen and oxygen atoms in total. The van der Waals surface area contributed by atoms with E-state index in [1.54, 1.807) is 0 Å². The number of nitrogens with zero attached hydrogens (tertiary/aromatic N) is 1. The number of rotatable bonds is 3. The van der Waals surface area contributed by atoms with Crippen molar-refractivity contribution in [3.8, 4) is 0 Å². The van der Waals surface area contributed by atoms with Crippen LogP contribution in [0.15, 0.2) is 0 Å². The molecule has 2 rings (SSSR count). The molecule has 0 amide bonds. The smallest absolute Gasteiger partial charge is 0.127 e. The molecule has 0 aromatic carbocycles. The first-order valence-corrected chi connectivity index (χ1v) is 5.96. The number of aliphatic hydroxyl groups is 1. The Labute approximate surface area is 91.5 Å². The van der Waals surface area contributed by atoms with E-state index in [4.69, 9.17) is 0 Å². The second kappa shape index (κ2) is 3.87. The van der Waals surface area contributed by atoms with E-state index in [9.17, 15) is 9.90 Å². The van der Waals surface area contributed by atoms with Gasteiger partial charge in [-0.1, -0.05) is 12.8 Å². The van der Waals surface area contributed by atoms with Gasteiger partial charge >= 0.3 is 0 Å². The van der Waals surface area contributed by atoms with E-state index in [-0.39, 0.29) is 5.41 Å². The first kappa shape index (κ1) is 11.1. The van der Waals surface area contributed by atoms with E-state index in [1.165, 1.54) is 12.8 Å². The number of aldehydes is 1. The van der Waals surface area contributed by atoms with Crippen LogP contribution in [0.2, 0.25) is 0 Å². The SMILES string of the molecule is CC1(O)CCN(CC2(C=O)CCCC2)C1. The molecule has 1 N–H and O–H groups in total. The van der Waals surface area contributed by atoms with Crippen molar-refractivity contribution in [3.05, 3.63) is 0 Å². The van der Waals surface area contributed by atoms with Gasteiger partial charge < -0.3 is 9.90 Å². The number of hydrogen-bond donors (Lipinski definition) is 1. The van der Waals surface area contributed by atoms with Gasteiger partial charge in [-0.25, -0.2) is 0 Å². The molecule has 0 radical (unpaired) electrons. The summed E-state index contributed by atoms with van der Waals surface area (Å²) < 4.78 is 0. The van der Waals surface area contributed by atoms with Crippen LogP contribution < -0.4 is 0 Å². The summed E-state index contributed by atoms with van der Waals surface area (Å²) in [7, 11) is 0. The Morgan fingerprint density at radius 3 is 2.47 bits per heavy atom. The highest BCUT2D eigenvalue weighted by Gasteiger charge is 2.39. The van der Waals surface area contributed by atoms with E-state index < -0.39 is 5.60 Å². The quantitative estimate of drug-likeness (QED) is 0.713. The minimum Gasteiger partial charge on any atom is -0.389 e. The first-order chi connectivity index (χ1) is 7.05. The lowest BCUT2D eigenvalue weighted by molar-refractivity contribution is -0.117. The molecule has 15 heavy (non-hydrogen) atoms. The van der Waals surface area contributed by atoms with Crippen LogP contribution >= 0.6 is 0 Å². The molecule has 1 aliphatic heterocycles. The fourth-order valence-electron chi connectivity index (χ4n) is 3.01. The Balaban J connectivity index is 1.94. The normalized spacial score (nSPS) is 35.9. The largest absolute Gasteiger partial charge is 0.389 e. The highest BCUT2D eigenvalue weighted by Crippen LogP contribution is 2.38. The van der Waals surface area contributed by atoms with Crippen molar-refractivity contribution < 1.29 is 9.90 Å². The molecular weight excluding hydrogens is 190 g/mol. The Morgan fingerprint density at radius 2 is 2.00 bits per heavy atom. The predicted octanol–water partition coefficient (Wildman–Crippen LogP) is 1.20. The van der Waals surface area contributed by atoms with Crippen LogP contribution in [0.1, 0.15) is 39.0 Å². The average molecular weight is 211 g/mol. The van der Waals surface area contributed by atoms with Gasteiger partial charge in [0, 0.05) is 25.0 Å². The number of hydrogen-bond acceptors (Lipinski definition) is 3. The zero-order chi connectivity index (χ0) is 10.9. The van der Waals surface area contributed by atoms with E-state index in [0.717, 1.165) is 45.2 Å². The van der Waals surface area contributed by atoms with Gasteiger partial charge in [0.15, 0.2) is 0 Å². The molecule has 1 saturated heterocycles. The number of likely N-dealkylation sites (tertiary alicyclic amines) is 1. The third-order valence-electron chi connectivity index (χ3n) is 3.92. The lowest BCUT2D eigenvalue weighted by atomic mass is 9.87. The van der Waals surface area contributed by atoms with Crippen molar-refractivity contribution in [3.63, 3.8) is 0 Å². The van der Waals surface area contributed by atoms with Gasteiger partial charge in [-0.3, -0.25) is 4.90 Å². The summed E-state index contributed by atoms with van der Waals surface area (Å²) >= 11 is 0. The molecule has 0 spiro atoms. The van der Waals surface area contributed by atoms with E-state index in [1.807, 2.05) is 6.92 Å². The summed E-state index contributed by atoms with van der Waals surface area (Å²) in [5.74, 6) is 0. The van der Waals surface area contributed by atoms with Gasteiger partial charge in [-0.05, 0) is 26.2 Å². The number of β-amino-alcohol motifs (C(OH)–C–C–N with tert-alkyl or cyclic N) is 1. The molecule has 1 aliphatic carbocycles. The van der Waals surface area contributed by atoms with Crippen LogP contribution in [0, 0.1) is 5.41 Å². The third kappa shape index (κ3) is 2.40. The molecule has 0 bridgehead atoms. The minimum atomic E-state index is -0.539. The van der Waals surface area contributed by atoms with Crippen molar-refractivity contribution >= 4 is 6.29 Å². The Kier molecular flexibility index (Phi) is 2.86. The van der Waals surface area contributed by atoms with Gasteiger partial charge in [0.25, 0.3) is 0 Å². The van der Waals surface area contributed by atoms with Crippen LogP contribution in [0.5, 0.6) is 0 Å². The third-order valence-corrected chi connectivity index (χ3v) is 3.92. The molecule has 2 fully saturated rings. The maximum Gasteiger partial charge on any atom is 0.127 e. The Morgan fingerprint density at radius 1 is 1.33 bits per heavy atom. The summed E-state index contributed by atoms with van der Waals surface area (Å²) in [5.41, 5.74) is -0.636. The standard InChI is InChI=1S/C12H21NO2/c1-11(15)6-7-13(8-11)9-12(10-14)4-2-3-5-12/h10,15H,2-9H2,1H3. The van der Waals surface area contributed by atoms with Crippen molar-refractivity contribution in [1.29, 1.82) is 0 Å². The summed E-state index contributed by atoms with van der Waals surface area (Å²) in [4.78, 5) is 13.4. The van der Waals surface area contributed by atoms with Gasteiger partial charge in [-0.2, -0.15) is 0 Å². The first-order valence-electron chi connectivity index (χ1n) is 5.96. The summed E-state index contributed by atoms with van der Waals surface area (Å²) in [6.07, 6.45) is 6.44. The molecule has 0 aromatic heterocycles. The molecular formula is C12H21NO2. The second-order valence-electron chi connectivity index (χ2n) is 5.64. The average Bonchev–Trinajstić information content (AvgIpc) is 2.75. The predicted molar refractivity (Wildman–Crippen MR) is 58.6 cm³/mol. The van der Waals surface area contributed by atoms with Crippen LogP contribution in [-0.2, 0) is 4.79 Å². The molecule has 86 valence electrons. The molecule has 0 aromatic rings. The lowest BCUT2D eigenvalue weighted by Gasteiger charge is -2.28. The maximum atomic E-state index is 11.2. The second-order valence-corrected chi connectivity index (χ2v) is 5.64. The van der Waals surface area contributed by atoms with Gasteiger partial charge in [0.2, 0.25) is 0 Å². The molecule has 2 aliphatic rings. The highest BCUT2D eigenvalue weighted by molar-refractivity contribution is 5.60. The van der Waals surface area contributed by atoms with Crippen LogP contribution in [0.25, 0.3) is 0 Å². The van der Waals surface area contributed by atoms with Gasteiger partial charge in [0.1, 0.15) is 6.29 Å². The molecule has 1 atom stereocenters. The van der Waals surface area contributed by atoms with Crippen molar-refractivity contribution in [2.75, 3.05) is 19.6 Å². The number of carbonyl (C=O) groups excluding carboxylic acids is 1. The van der Waals surface area contributed by atoms with Crippen molar-refractivity contribution in [2.24, 2.45) is 5.41 Å². The minimum absolute atomic E-state index is 0.0968. The summed E-state index contributed by atoms with van der Waals surface area (Å²) in [5, 5.41) is 9.87. The molecule has 3 heteroatoms. The van der Waals surface area contributed by atoms with Crippen LogP contribution in [0.4, 0.5) is 0 Å². The van der Waals surface area contributed by atoms with E-state index in [2.05, 4.69) is 4.90 Å².